The predicted molar refractivity (Wildman–Crippen MR) is 108 cm³/mol. The molecule has 1 atom stereocenters. The van der Waals surface area contributed by atoms with Crippen LogP contribution in [0.2, 0.25) is 5.02 Å². The number of benzene rings is 2. The molecule has 1 N–H and O–H groups in total. The fourth-order valence-electron chi connectivity index (χ4n) is 2.55. The fraction of sp³-hybridized carbons (Fsp3) is 0.300. The Morgan fingerprint density at radius 2 is 1.78 bits per heavy atom. The van der Waals surface area contributed by atoms with Crippen molar-refractivity contribution in [2.75, 3.05) is 12.8 Å². The topological polar surface area (TPSA) is 49.4 Å². The predicted octanol–water partition coefficient (Wildman–Crippen LogP) is 3.88. The molecule has 144 valence electrons. The first kappa shape index (κ1) is 21.3. The summed E-state index contributed by atoms with van der Waals surface area (Å²) in [4.78, 5) is 26.4. The summed E-state index contributed by atoms with van der Waals surface area (Å²) in [6.07, 6.45) is 0. The van der Waals surface area contributed by atoms with Crippen LogP contribution >= 0.6 is 23.4 Å². The maximum absolute atomic E-state index is 13.7. The van der Waals surface area contributed by atoms with E-state index in [2.05, 4.69) is 5.32 Å². The van der Waals surface area contributed by atoms with Crippen molar-refractivity contribution in [3.63, 3.8) is 0 Å². The van der Waals surface area contributed by atoms with Crippen molar-refractivity contribution in [1.82, 2.24) is 10.2 Å². The van der Waals surface area contributed by atoms with Crippen molar-refractivity contribution in [1.29, 1.82) is 0 Å². The van der Waals surface area contributed by atoms with Crippen LogP contribution in [0.15, 0.2) is 48.5 Å². The van der Waals surface area contributed by atoms with Gasteiger partial charge in [-0.1, -0.05) is 48.0 Å². The molecule has 2 amide bonds. The molecule has 0 aliphatic rings. The second-order valence-electron chi connectivity index (χ2n) is 5.99. The molecule has 0 spiro atoms. The summed E-state index contributed by atoms with van der Waals surface area (Å²) in [6.45, 7) is 1.91. The number of likely N-dealkylation sites (N-methyl/N-ethyl adjacent to an activating group) is 1. The number of rotatable bonds is 8. The quantitative estimate of drug-likeness (QED) is 0.721. The summed E-state index contributed by atoms with van der Waals surface area (Å²) in [5.41, 5.74) is 1.31. The number of carbonyl (C=O) groups excluding carboxylic acids is 2. The smallest absolute Gasteiger partial charge is 0.242 e. The molecule has 0 unspecified atom stereocenters. The monoisotopic (exact) mass is 408 g/mol. The number of hydrogen-bond acceptors (Lipinski definition) is 3. The first-order chi connectivity index (χ1) is 12.9. The number of thioether (sulfide) groups is 1. The molecule has 2 rings (SSSR count). The summed E-state index contributed by atoms with van der Waals surface area (Å²) in [5, 5.41) is 3.11. The SMILES string of the molecule is CNC(=O)[C@H](C)N(Cc1ccccc1Cl)C(=O)CSCc1ccccc1F. The van der Waals surface area contributed by atoms with E-state index >= 15 is 0 Å². The lowest BCUT2D eigenvalue weighted by atomic mass is 10.1. The van der Waals surface area contributed by atoms with Gasteiger partial charge in [0.2, 0.25) is 11.8 Å². The fourth-order valence-corrected chi connectivity index (χ4v) is 3.64. The molecular weight excluding hydrogens is 387 g/mol. The van der Waals surface area contributed by atoms with Gasteiger partial charge < -0.3 is 10.2 Å². The molecule has 4 nitrogen and oxygen atoms in total. The Morgan fingerprint density at radius 1 is 1.15 bits per heavy atom. The van der Waals surface area contributed by atoms with Gasteiger partial charge >= 0.3 is 0 Å². The standard InChI is InChI=1S/C20H22ClFN2O2S/c1-14(20(26)23-2)24(11-15-7-3-5-9-17(15)21)19(25)13-27-12-16-8-4-6-10-18(16)22/h3-10,14H,11-13H2,1-2H3,(H,23,26)/t14-/m0/s1. The molecule has 0 saturated carbocycles. The normalized spacial score (nSPS) is 11.7. The van der Waals surface area contributed by atoms with Gasteiger partial charge in [-0.15, -0.1) is 11.8 Å². The maximum Gasteiger partial charge on any atom is 0.242 e. The van der Waals surface area contributed by atoms with E-state index in [0.29, 0.717) is 16.3 Å². The van der Waals surface area contributed by atoms with Gasteiger partial charge in [0.05, 0.1) is 5.75 Å². The lowest BCUT2D eigenvalue weighted by Crippen LogP contribution is -2.47. The highest BCUT2D eigenvalue weighted by molar-refractivity contribution is 7.99. The van der Waals surface area contributed by atoms with E-state index in [1.54, 1.807) is 31.2 Å². The third-order valence-corrected chi connectivity index (χ3v) is 5.49. The van der Waals surface area contributed by atoms with Gasteiger partial charge in [0.15, 0.2) is 0 Å². The van der Waals surface area contributed by atoms with E-state index in [9.17, 15) is 14.0 Å². The van der Waals surface area contributed by atoms with E-state index in [-0.39, 0.29) is 29.9 Å². The van der Waals surface area contributed by atoms with E-state index in [4.69, 9.17) is 11.6 Å². The first-order valence-corrected chi connectivity index (χ1v) is 10.0. The van der Waals surface area contributed by atoms with E-state index in [1.165, 1.54) is 29.8 Å². The van der Waals surface area contributed by atoms with Gasteiger partial charge in [0, 0.05) is 24.4 Å². The van der Waals surface area contributed by atoms with E-state index in [0.717, 1.165) is 5.56 Å². The van der Waals surface area contributed by atoms with Gasteiger partial charge in [-0.3, -0.25) is 9.59 Å². The number of carbonyl (C=O) groups is 2. The van der Waals surface area contributed by atoms with E-state index in [1.807, 2.05) is 18.2 Å². The number of halogens is 2. The van der Waals surface area contributed by atoms with Crippen molar-refractivity contribution < 1.29 is 14.0 Å². The molecule has 7 heteroatoms. The molecule has 0 bridgehead atoms. The molecule has 0 aromatic heterocycles. The van der Waals surface area contributed by atoms with Gasteiger partial charge in [-0.2, -0.15) is 0 Å². The Morgan fingerprint density at radius 3 is 2.41 bits per heavy atom. The van der Waals surface area contributed by atoms with Crippen molar-refractivity contribution >= 4 is 35.2 Å². The minimum atomic E-state index is -0.646. The van der Waals surface area contributed by atoms with Crippen LogP contribution in [0.1, 0.15) is 18.1 Å². The van der Waals surface area contributed by atoms with Crippen LogP contribution < -0.4 is 5.32 Å². The average molecular weight is 409 g/mol. The molecule has 0 fully saturated rings. The molecule has 0 saturated heterocycles. The highest BCUT2D eigenvalue weighted by Crippen LogP contribution is 2.21. The van der Waals surface area contributed by atoms with Gasteiger partial charge in [0.25, 0.3) is 0 Å². The maximum atomic E-state index is 13.7. The Kier molecular flexibility index (Phi) is 8.13. The highest BCUT2D eigenvalue weighted by atomic mass is 35.5. The molecule has 0 aliphatic carbocycles. The van der Waals surface area contributed by atoms with Gasteiger partial charge in [-0.25, -0.2) is 4.39 Å². The highest BCUT2D eigenvalue weighted by Gasteiger charge is 2.25. The molecule has 2 aromatic rings. The Balaban J connectivity index is 2.07. The zero-order valence-electron chi connectivity index (χ0n) is 15.2. The Labute approximate surface area is 168 Å². The number of nitrogens with zero attached hydrogens (tertiary/aromatic N) is 1. The summed E-state index contributed by atoms with van der Waals surface area (Å²) < 4.78 is 13.7. The van der Waals surface area contributed by atoms with Gasteiger partial charge in [0.1, 0.15) is 11.9 Å². The van der Waals surface area contributed by atoms with Crippen molar-refractivity contribution in [2.45, 2.75) is 25.3 Å². The molecule has 0 aliphatic heterocycles. The van der Waals surface area contributed by atoms with Crippen molar-refractivity contribution in [3.05, 3.63) is 70.5 Å². The minimum absolute atomic E-state index is 0.139. The summed E-state index contributed by atoms with van der Waals surface area (Å²) in [6, 6.07) is 13.1. The number of amides is 2. The third kappa shape index (κ3) is 5.97. The minimum Gasteiger partial charge on any atom is -0.357 e. The van der Waals surface area contributed by atoms with Crippen LogP contribution in [-0.4, -0.2) is 35.6 Å². The molecule has 27 heavy (non-hydrogen) atoms. The Hall–Kier alpha value is -2.05. The van der Waals surface area contributed by atoms with Crippen molar-refractivity contribution in [2.24, 2.45) is 0 Å². The van der Waals surface area contributed by atoms with Crippen LogP contribution in [0.4, 0.5) is 4.39 Å². The molecule has 2 aromatic carbocycles. The van der Waals surface area contributed by atoms with Crippen molar-refractivity contribution in [3.8, 4) is 0 Å². The summed E-state index contributed by atoms with van der Waals surface area (Å²) in [5.74, 6) is -0.224. The number of hydrogen-bond donors (Lipinski definition) is 1. The molecule has 0 heterocycles. The lowest BCUT2D eigenvalue weighted by molar-refractivity contribution is -0.138. The number of nitrogens with one attached hydrogen (secondary N) is 1. The summed E-state index contributed by atoms with van der Waals surface area (Å²) in [7, 11) is 1.53. The van der Waals surface area contributed by atoms with Crippen LogP contribution in [0.5, 0.6) is 0 Å². The van der Waals surface area contributed by atoms with Crippen LogP contribution in [-0.2, 0) is 21.9 Å². The lowest BCUT2D eigenvalue weighted by Gasteiger charge is -2.28. The zero-order valence-corrected chi connectivity index (χ0v) is 16.8. The third-order valence-electron chi connectivity index (χ3n) is 4.15. The first-order valence-electron chi connectivity index (χ1n) is 8.49. The van der Waals surface area contributed by atoms with E-state index < -0.39 is 6.04 Å². The Bertz CT molecular complexity index is 803. The second kappa shape index (κ2) is 10.3. The summed E-state index contributed by atoms with van der Waals surface area (Å²) >= 11 is 7.52. The largest absolute Gasteiger partial charge is 0.357 e. The molecule has 0 radical (unpaired) electrons. The van der Waals surface area contributed by atoms with Crippen LogP contribution in [0, 0.1) is 5.82 Å². The van der Waals surface area contributed by atoms with Crippen LogP contribution in [0.25, 0.3) is 0 Å². The van der Waals surface area contributed by atoms with Gasteiger partial charge in [-0.05, 0) is 30.2 Å². The van der Waals surface area contributed by atoms with Crippen LogP contribution in [0.3, 0.4) is 0 Å². The zero-order chi connectivity index (χ0) is 19.8. The average Bonchev–Trinajstić information content (AvgIpc) is 2.67. The second-order valence-corrected chi connectivity index (χ2v) is 7.38. The molecular formula is C20H22ClFN2O2S.